The third-order valence-electron chi connectivity index (χ3n) is 4.72. The van der Waals surface area contributed by atoms with Gasteiger partial charge in [0, 0.05) is 19.9 Å². The quantitative estimate of drug-likeness (QED) is 0.840. The third-order valence-corrected chi connectivity index (χ3v) is 4.72. The van der Waals surface area contributed by atoms with Crippen molar-refractivity contribution in [2.45, 2.75) is 38.4 Å². The van der Waals surface area contributed by atoms with Crippen molar-refractivity contribution in [3.63, 3.8) is 0 Å². The molecule has 0 radical (unpaired) electrons. The second kappa shape index (κ2) is 7.51. The Morgan fingerprint density at radius 3 is 2.20 bits per heavy atom. The van der Waals surface area contributed by atoms with Crippen molar-refractivity contribution in [1.29, 1.82) is 0 Å². The minimum Gasteiger partial charge on any atom is -0.319 e. The fourth-order valence-corrected chi connectivity index (χ4v) is 3.52. The van der Waals surface area contributed by atoms with Gasteiger partial charge in [0.05, 0.1) is 0 Å². The summed E-state index contributed by atoms with van der Waals surface area (Å²) >= 11 is 0. The normalized spacial score (nSPS) is 20.2. The van der Waals surface area contributed by atoms with Gasteiger partial charge in [-0.15, -0.1) is 0 Å². The predicted octanol–water partition coefficient (Wildman–Crippen LogP) is 3.40. The number of carbonyl (C=O) groups excluding carboxylic acids is 2. The van der Waals surface area contributed by atoms with Gasteiger partial charge in [-0.1, -0.05) is 67.6 Å². The van der Waals surface area contributed by atoms with Crippen molar-refractivity contribution < 1.29 is 9.59 Å². The molecule has 4 heteroatoms. The maximum absolute atomic E-state index is 12.9. The van der Waals surface area contributed by atoms with Crippen molar-refractivity contribution in [2.75, 3.05) is 7.05 Å². The highest BCUT2D eigenvalue weighted by molar-refractivity contribution is 5.91. The van der Waals surface area contributed by atoms with E-state index in [1.165, 1.54) is 0 Å². The molecule has 2 amide bonds. The van der Waals surface area contributed by atoms with Crippen LogP contribution in [-0.4, -0.2) is 34.7 Å². The SMILES string of the molecule is CCCC(=O)N1C(Cc2ccccc2)C(=O)N(C)C1c1ccccc1. The number of hydrogen-bond donors (Lipinski definition) is 0. The van der Waals surface area contributed by atoms with E-state index in [9.17, 15) is 9.59 Å². The number of nitrogens with zero attached hydrogens (tertiary/aromatic N) is 2. The molecule has 4 nitrogen and oxygen atoms in total. The molecule has 1 aliphatic rings. The molecule has 1 aliphatic heterocycles. The van der Waals surface area contributed by atoms with E-state index in [1.807, 2.05) is 67.6 Å². The van der Waals surface area contributed by atoms with E-state index in [2.05, 4.69) is 0 Å². The highest BCUT2D eigenvalue weighted by atomic mass is 16.2. The summed E-state index contributed by atoms with van der Waals surface area (Å²) in [6, 6.07) is 19.2. The number of amides is 2. The molecular weight excluding hydrogens is 312 g/mol. The number of rotatable bonds is 5. The summed E-state index contributed by atoms with van der Waals surface area (Å²) in [5.74, 6) is 0.0390. The summed E-state index contributed by atoms with van der Waals surface area (Å²) in [4.78, 5) is 29.3. The molecule has 0 aliphatic carbocycles. The average Bonchev–Trinajstić information content (AvgIpc) is 2.88. The molecule has 1 saturated heterocycles. The largest absolute Gasteiger partial charge is 0.319 e. The molecule has 1 fully saturated rings. The van der Waals surface area contributed by atoms with Gasteiger partial charge in [-0.2, -0.15) is 0 Å². The van der Waals surface area contributed by atoms with Gasteiger partial charge in [0.2, 0.25) is 11.8 Å². The van der Waals surface area contributed by atoms with E-state index in [1.54, 1.807) is 16.8 Å². The number of hydrogen-bond acceptors (Lipinski definition) is 2. The van der Waals surface area contributed by atoms with E-state index in [4.69, 9.17) is 0 Å². The highest BCUT2D eigenvalue weighted by Gasteiger charge is 2.46. The Hall–Kier alpha value is -2.62. The van der Waals surface area contributed by atoms with Gasteiger partial charge in [-0.05, 0) is 17.5 Å². The fraction of sp³-hybridized carbons (Fsp3) is 0.333. The lowest BCUT2D eigenvalue weighted by Gasteiger charge is -2.30. The summed E-state index contributed by atoms with van der Waals surface area (Å²) in [6.45, 7) is 1.99. The molecule has 130 valence electrons. The third kappa shape index (κ3) is 3.43. The summed E-state index contributed by atoms with van der Waals surface area (Å²) in [6.07, 6.45) is 1.44. The summed E-state index contributed by atoms with van der Waals surface area (Å²) in [5.41, 5.74) is 2.04. The first-order valence-corrected chi connectivity index (χ1v) is 8.80. The molecule has 2 aromatic rings. The van der Waals surface area contributed by atoms with Crippen molar-refractivity contribution >= 4 is 11.8 Å². The zero-order chi connectivity index (χ0) is 17.8. The van der Waals surface area contributed by atoms with Crippen LogP contribution in [0, 0.1) is 0 Å². The van der Waals surface area contributed by atoms with Crippen molar-refractivity contribution in [3.8, 4) is 0 Å². The monoisotopic (exact) mass is 336 g/mol. The molecule has 3 rings (SSSR count). The Labute approximate surface area is 149 Å². The molecule has 0 aromatic heterocycles. The summed E-state index contributed by atoms with van der Waals surface area (Å²) in [5, 5.41) is 0. The van der Waals surface area contributed by atoms with E-state index >= 15 is 0 Å². The van der Waals surface area contributed by atoms with Gasteiger partial charge in [0.15, 0.2) is 0 Å². The van der Waals surface area contributed by atoms with Crippen molar-refractivity contribution in [1.82, 2.24) is 9.80 Å². The van der Waals surface area contributed by atoms with Crippen LogP contribution < -0.4 is 0 Å². The van der Waals surface area contributed by atoms with Crippen LogP contribution in [0.1, 0.15) is 37.1 Å². The van der Waals surface area contributed by atoms with Gasteiger partial charge in [0.1, 0.15) is 12.2 Å². The fourth-order valence-electron chi connectivity index (χ4n) is 3.52. The molecule has 0 bridgehead atoms. The minimum atomic E-state index is -0.448. The first-order valence-electron chi connectivity index (χ1n) is 8.80. The van der Waals surface area contributed by atoms with Gasteiger partial charge < -0.3 is 9.80 Å². The summed E-state index contributed by atoms with van der Waals surface area (Å²) in [7, 11) is 1.79. The lowest BCUT2D eigenvalue weighted by Crippen LogP contribution is -2.40. The lowest BCUT2D eigenvalue weighted by atomic mass is 10.0. The second-order valence-corrected chi connectivity index (χ2v) is 6.49. The van der Waals surface area contributed by atoms with Crippen molar-refractivity contribution in [2.24, 2.45) is 0 Å². The number of carbonyl (C=O) groups is 2. The minimum absolute atomic E-state index is 0.00200. The molecular formula is C21H24N2O2. The van der Waals surface area contributed by atoms with E-state index < -0.39 is 6.04 Å². The van der Waals surface area contributed by atoms with Crippen LogP contribution in [-0.2, 0) is 16.0 Å². The van der Waals surface area contributed by atoms with Gasteiger partial charge in [-0.3, -0.25) is 9.59 Å². The molecule has 2 aromatic carbocycles. The van der Waals surface area contributed by atoms with Gasteiger partial charge in [-0.25, -0.2) is 0 Å². The second-order valence-electron chi connectivity index (χ2n) is 6.49. The van der Waals surface area contributed by atoms with Crippen LogP contribution in [0.3, 0.4) is 0 Å². The van der Waals surface area contributed by atoms with E-state index in [0.29, 0.717) is 12.8 Å². The van der Waals surface area contributed by atoms with Crippen LogP contribution in [0.25, 0.3) is 0 Å². The van der Waals surface area contributed by atoms with Crippen molar-refractivity contribution in [3.05, 3.63) is 71.8 Å². The number of benzene rings is 2. The van der Waals surface area contributed by atoms with Crippen LogP contribution in [0.15, 0.2) is 60.7 Å². The topological polar surface area (TPSA) is 40.6 Å². The van der Waals surface area contributed by atoms with Crippen LogP contribution in [0.5, 0.6) is 0 Å². The molecule has 2 unspecified atom stereocenters. The molecule has 2 atom stereocenters. The summed E-state index contributed by atoms with van der Waals surface area (Å²) < 4.78 is 0. The molecule has 25 heavy (non-hydrogen) atoms. The maximum atomic E-state index is 12.9. The first kappa shape index (κ1) is 17.2. The molecule has 1 heterocycles. The Morgan fingerprint density at radius 2 is 1.60 bits per heavy atom. The maximum Gasteiger partial charge on any atom is 0.247 e. The molecule has 0 spiro atoms. The smallest absolute Gasteiger partial charge is 0.247 e. The zero-order valence-corrected chi connectivity index (χ0v) is 14.8. The molecule has 0 N–H and O–H groups in total. The Kier molecular flexibility index (Phi) is 5.17. The van der Waals surface area contributed by atoms with Crippen LogP contribution in [0.2, 0.25) is 0 Å². The van der Waals surface area contributed by atoms with Gasteiger partial charge >= 0.3 is 0 Å². The Balaban J connectivity index is 1.97. The van der Waals surface area contributed by atoms with Gasteiger partial charge in [0.25, 0.3) is 0 Å². The Bertz CT molecular complexity index is 730. The average molecular weight is 336 g/mol. The zero-order valence-electron chi connectivity index (χ0n) is 14.8. The standard InChI is InChI=1S/C21H24N2O2/c1-3-10-19(24)23-18(15-16-11-6-4-7-12-16)21(25)22(2)20(23)17-13-8-5-9-14-17/h4-9,11-14,18,20H,3,10,15H2,1-2H3. The van der Waals surface area contributed by atoms with E-state index in [0.717, 1.165) is 17.5 Å². The first-order chi connectivity index (χ1) is 12.1. The van der Waals surface area contributed by atoms with Crippen LogP contribution in [0.4, 0.5) is 0 Å². The number of likely N-dealkylation sites (N-methyl/N-ethyl adjacent to an activating group) is 1. The molecule has 0 saturated carbocycles. The predicted molar refractivity (Wildman–Crippen MR) is 97.6 cm³/mol. The van der Waals surface area contributed by atoms with E-state index in [-0.39, 0.29) is 18.0 Å². The van der Waals surface area contributed by atoms with Crippen LogP contribution >= 0.6 is 0 Å². The Morgan fingerprint density at radius 1 is 1.00 bits per heavy atom. The highest BCUT2D eigenvalue weighted by Crippen LogP contribution is 2.35. The lowest BCUT2D eigenvalue weighted by molar-refractivity contribution is -0.136.